The maximum Gasteiger partial charge on any atom is 0.0577 e. The maximum atomic E-state index is 10.00. The molecule has 166 valence electrons. The zero-order chi connectivity index (χ0) is 20.7. The summed E-state index contributed by atoms with van der Waals surface area (Å²) >= 11 is 4.45. The maximum absolute atomic E-state index is 10.00. The van der Waals surface area contributed by atoms with Gasteiger partial charge in [-0.05, 0) is 93.1 Å². The van der Waals surface area contributed by atoms with Gasteiger partial charge in [0.05, 0.1) is 6.10 Å². The first-order valence-corrected chi connectivity index (χ1v) is 13.4. The molecule has 3 fully saturated rings. The van der Waals surface area contributed by atoms with E-state index in [2.05, 4.69) is 38.6 Å². The van der Waals surface area contributed by atoms with Crippen molar-refractivity contribution in [3.05, 3.63) is 23.3 Å². The first kappa shape index (κ1) is 23.5. The smallest absolute Gasteiger partial charge is 0.0577 e. The molecule has 3 rings (SSSR count). The van der Waals surface area contributed by atoms with Crippen LogP contribution in [0.2, 0.25) is 0 Å². The van der Waals surface area contributed by atoms with Gasteiger partial charge in [0.15, 0.2) is 0 Å². The molecule has 0 radical (unpaired) electrons. The number of allylic oxidation sites excluding steroid dienone is 3. The molecular weight excluding hydrogens is 372 g/mol. The van der Waals surface area contributed by atoms with E-state index in [1.807, 2.05) is 0 Å². The third-order valence-corrected chi connectivity index (χ3v) is 8.90. The second-order valence-electron chi connectivity index (χ2n) is 10.5. The van der Waals surface area contributed by atoms with Gasteiger partial charge in [0.25, 0.3) is 0 Å². The molecule has 0 amide bonds. The van der Waals surface area contributed by atoms with Crippen molar-refractivity contribution in [3.8, 4) is 0 Å². The fourth-order valence-electron chi connectivity index (χ4n) is 7.03. The van der Waals surface area contributed by atoms with E-state index in [0.29, 0.717) is 5.41 Å². The van der Waals surface area contributed by atoms with Crippen LogP contribution in [0.25, 0.3) is 0 Å². The lowest BCUT2D eigenvalue weighted by molar-refractivity contribution is 0.0816. The largest absolute Gasteiger partial charge is 0.393 e. The molecule has 0 aromatic carbocycles. The highest BCUT2D eigenvalue weighted by molar-refractivity contribution is 7.80. The average molecular weight is 419 g/mol. The van der Waals surface area contributed by atoms with E-state index in [1.54, 1.807) is 5.57 Å². The summed E-state index contributed by atoms with van der Waals surface area (Å²) in [6, 6.07) is 0. The van der Waals surface area contributed by atoms with Crippen molar-refractivity contribution in [2.45, 2.75) is 116 Å². The predicted molar refractivity (Wildman–Crippen MR) is 130 cm³/mol. The fraction of sp³-hybridized carbons (Fsp3) is 0.852. The quantitative estimate of drug-likeness (QED) is 0.288. The lowest BCUT2D eigenvalue weighted by atomic mass is 9.60. The molecule has 3 aliphatic rings. The van der Waals surface area contributed by atoms with E-state index >= 15 is 0 Å². The number of hydrogen-bond donors (Lipinski definition) is 2. The molecule has 0 bridgehead atoms. The Morgan fingerprint density at radius 2 is 1.90 bits per heavy atom. The minimum atomic E-state index is -0.0996. The van der Waals surface area contributed by atoms with Gasteiger partial charge in [-0.3, -0.25) is 0 Å². The van der Waals surface area contributed by atoms with Gasteiger partial charge in [-0.1, -0.05) is 69.2 Å². The molecule has 0 aromatic heterocycles. The van der Waals surface area contributed by atoms with E-state index in [4.69, 9.17) is 0 Å². The molecule has 29 heavy (non-hydrogen) atoms. The number of aliphatic hydroxyl groups is 1. The summed E-state index contributed by atoms with van der Waals surface area (Å²) in [6.45, 7) is 5.00. The zero-order valence-corrected chi connectivity index (χ0v) is 20.1. The summed E-state index contributed by atoms with van der Waals surface area (Å²) in [5.41, 5.74) is 3.73. The van der Waals surface area contributed by atoms with Gasteiger partial charge in [-0.15, -0.1) is 0 Å². The van der Waals surface area contributed by atoms with Crippen molar-refractivity contribution >= 4 is 12.6 Å². The van der Waals surface area contributed by atoms with E-state index in [1.165, 1.54) is 82.6 Å². The number of rotatable bonds is 9. The molecule has 0 aromatic rings. The second-order valence-corrected chi connectivity index (χ2v) is 11.0. The fourth-order valence-corrected chi connectivity index (χ4v) is 7.26. The number of unbranched alkanes of at least 4 members (excludes halogenated alkanes) is 2. The number of hydrogen-bond acceptors (Lipinski definition) is 2. The molecule has 0 spiro atoms. The van der Waals surface area contributed by atoms with Crippen molar-refractivity contribution in [1.29, 1.82) is 0 Å². The molecule has 0 saturated heterocycles. The highest BCUT2D eigenvalue weighted by Crippen LogP contribution is 2.60. The molecular formula is C27H46OS. The van der Waals surface area contributed by atoms with E-state index in [-0.39, 0.29) is 6.10 Å². The van der Waals surface area contributed by atoms with Crippen LogP contribution in [-0.2, 0) is 0 Å². The van der Waals surface area contributed by atoms with Crippen LogP contribution in [-0.4, -0.2) is 17.0 Å². The van der Waals surface area contributed by atoms with E-state index in [9.17, 15) is 5.11 Å². The lowest BCUT2D eigenvalue weighted by Gasteiger charge is -2.45. The summed E-state index contributed by atoms with van der Waals surface area (Å²) in [6.07, 6.45) is 24.3. The Hall–Kier alpha value is -0.210. The van der Waals surface area contributed by atoms with Crippen molar-refractivity contribution in [2.24, 2.45) is 23.2 Å². The Bertz CT molecular complexity index is 565. The van der Waals surface area contributed by atoms with E-state index in [0.717, 1.165) is 42.8 Å². The van der Waals surface area contributed by atoms with Crippen molar-refractivity contribution in [3.63, 3.8) is 0 Å². The van der Waals surface area contributed by atoms with E-state index < -0.39 is 0 Å². The van der Waals surface area contributed by atoms with Crippen LogP contribution < -0.4 is 0 Å². The first-order chi connectivity index (χ1) is 14.1. The summed E-state index contributed by atoms with van der Waals surface area (Å²) in [5.74, 6) is 3.70. The average Bonchev–Trinajstić information content (AvgIpc) is 3.06. The highest BCUT2D eigenvalue weighted by atomic mass is 32.1. The molecule has 0 heterocycles. The summed E-state index contributed by atoms with van der Waals surface area (Å²) < 4.78 is 0. The predicted octanol–water partition coefficient (Wildman–Crippen LogP) is 7.90. The molecule has 2 unspecified atom stereocenters. The van der Waals surface area contributed by atoms with Gasteiger partial charge in [0, 0.05) is 0 Å². The molecule has 0 aliphatic heterocycles. The van der Waals surface area contributed by atoms with Crippen molar-refractivity contribution in [2.75, 3.05) is 5.75 Å². The van der Waals surface area contributed by atoms with Crippen LogP contribution in [0.1, 0.15) is 110 Å². The van der Waals surface area contributed by atoms with Gasteiger partial charge in [0.1, 0.15) is 0 Å². The van der Waals surface area contributed by atoms with Gasteiger partial charge in [-0.25, -0.2) is 0 Å². The summed E-state index contributed by atoms with van der Waals surface area (Å²) in [5, 5.41) is 10.00. The van der Waals surface area contributed by atoms with Gasteiger partial charge < -0.3 is 5.11 Å². The Balaban J connectivity index is 1.72. The summed E-state index contributed by atoms with van der Waals surface area (Å²) in [4.78, 5) is 0. The van der Waals surface area contributed by atoms with Gasteiger partial charge >= 0.3 is 0 Å². The van der Waals surface area contributed by atoms with Gasteiger partial charge in [-0.2, -0.15) is 12.6 Å². The Morgan fingerprint density at radius 1 is 1.07 bits per heavy atom. The Morgan fingerprint density at radius 3 is 2.66 bits per heavy atom. The lowest BCUT2D eigenvalue weighted by Crippen LogP contribution is -2.36. The Kier molecular flexibility index (Phi) is 9.24. The normalized spacial score (nSPS) is 36.5. The van der Waals surface area contributed by atoms with Gasteiger partial charge in [0.2, 0.25) is 0 Å². The SMILES string of the molecule is CCCC[C@@H](CCCCS)C1CCC2/C(=C/C=C3/CCC[C@H](O)C3)CCC[C@@]21C. The van der Waals surface area contributed by atoms with Crippen molar-refractivity contribution in [1.82, 2.24) is 0 Å². The zero-order valence-electron chi connectivity index (χ0n) is 19.2. The number of aliphatic hydroxyl groups excluding tert-OH is 1. The third kappa shape index (κ3) is 5.94. The van der Waals surface area contributed by atoms with Crippen LogP contribution in [0.3, 0.4) is 0 Å². The monoisotopic (exact) mass is 418 g/mol. The number of fused-ring (bicyclic) bond motifs is 1. The Labute approximate surface area is 186 Å². The standard InChI is InChI=1S/C27H46OS/c1-3-4-10-22(11-5-6-19-29)25-16-17-26-23(12-8-18-27(25,26)2)15-14-21-9-7-13-24(28)20-21/h14-15,22,24-26,28-29H,3-13,16-20H2,1-2H3/b21-14-,23-15+/t22-,24-,25?,26?,27+/m0/s1. The minimum absolute atomic E-state index is 0.0996. The van der Waals surface area contributed by atoms with Crippen molar-refractivity contribution < 1.29 is 5.11 Å². The third-order valence-electron chi connectivity index (χ3n) is 8.58. The second kappa shape index (κ2) is 11.4. The molecule has 3 saturated carbocycles. The minimum Gasteiger partial charge on any atom is -0.393 e. The molecule has 3 aliphatic carbocycles. The van der Waals surface area contributed by atoms with Crippen LogP contribution in [0.5, 0.6) is 0 Å². The topological polar surface area (TPSA) is 20.2 Å². The first-order valence-electron chi connectivity index (χ1n) is 12.8. The van der Waals surface area contributed by atoms with Crippen LogP contribution in [0, 0.1) is 23.2 Å². The number of thiol groups is 1. The molecule has 2 heteroatoms. The van der Waals surface area contributed by atoms with Crippen LogP contribution in [0.4, 0.5) is 0 Å². The molecule has 5 atom stereocenters. The highest BCUT2D eigenvalue weighted by Gasteiger charge is 2.51. The molecule has 1 nitrogen and oxygen atoms in total. The molecule has 1 N–H and O–H groups in total. The van der Waals surface area contributed by atoms with Crippen LogP contribution >= 0.6 is 12.6 Å². The summed E-state index contributed by atoms with van der Waals surface area (Å²) in [7, 11) is 0. The van der Waals surface area contributed by atoms with Crippen LogP contribution in [0.15, 0.2) is 23.3 Å².